The second-order valence-electron chi connectivity index (χ2n) is 6.36. The fraction of sp³-hybridized carbons (Fsp3) is 0.667. The van der Waals surface area contributed by atoms with Gasteiger partial charge in [-0.1, -0.05) is 39.3 Å². The van der Waals surface area contributed by atoms with Gasteiger partial charge in [-0.2, -0.15) is 0 Å². The number of ether oxygens (including phenoxy) is 1. The Morgan fingerprint density at radius 2 is 1.90 bits per heavy atom. The minimum atomic E-state index is 0.309. The Bertz CT molecular complexity index is 398. The van der Waals surface area contributed by atoms with Gasteiger partial charge in [0, 0.05) is 6.04 Å². The summed E-state index contributed by atoms with van der Waals surface area (Å²) >= 11 is 0. The van der Waals surface area contributed by atoms with Crippen LogP contribution in [0.3, 0.4) is 0 Å². The highest BCUT2D eigenvalue weighted by atomic mass is 16.5. The van der Waals surface area contributed by atoms with E-state index in [1.807, 2.05) is 0 Å². The van der Waals surface area contributed by atoms with E-state index in [-0.39, 0.29) is 0 Å². The van der Waals surface area contributed by atoms with Crippen LogP contribution < -0.4 is 10.1 Å². The Kier molecular flexibility index (Phi) is 5.47. The van der Waals surface area contributed by atoms with Crippen molar-refractivity contribution in [3.8, 4) is 5.75 Å². The maximum Gasteiger partial charge on any atom is 0.119 e. The first-order valence-electron chi connectivity index (χ1n) is 8.07. The van der Waals surface area contributed by atoms with Gasteiger partial charge in [0.2, 0.25) is 0 Å². The Labute approximate surface area is 123 Å². The van der Waals surface area contributed by atoms with Gasteiger partial charge in [-0.05, 0) is 55.8 Å². The molecule has 112 valence electrons. The summed E-state index contributed by atoms with van der Waals surface area (Å²) in [5.41, 5.74) is 1.37. The zero-order chi connectivity index (χ0) is 14.5. The summed E-state index contributed by atoms with van der Waals surface area (Å²) < 4.78 is 6.26. The molecule has 1 aliphatic carbocycles. The van der Waals surface area contributed by atoms with Crippen LogP contribution in [0.25, 0.3) is 0 Å². The SMILES string of the molecule is CCC1CCC(NC)C(Oc2ccc(C(C)C)cc2)C1. The second kappa shape index (κ2) is 7.12. The molecule has 0 radical (unpaired) electrons. The minimum Gasteiger partial charge on any atom is -0.489 e. The molecule has 0 saturated heterocycles. The van der Waals surface area contributed by atoms with Gasteiger partial charge in [-0.25, -0.2) is 0 Å². The quantitative estimate of drug-likeness (QED) is 0.862. The van der Waals surface area contributed by atoms with E-state index in [0.717, 1.165) is 11.7 Å². The maximum absolute atomic E-state index is 6.26. The number of benzene rings is 1. The molecule has 20 heavy (non-hydrogen) atoms. The van der Waals surface area contributed by atoms with E-state index in [1.54, 1.807) is 0 Å². The van der Waals surface area contributed by atoms with Gasteiger partial charge in [0.1, 0.15) is 11.9 Å². The van der Waals surface area contributed by atoms with Crippen LogP contribution in [-0.4, -0.2) is 19.2 Å². The van der Waals surface area contributed by atoms with Crippen LogP contribution >= 0.6 is 0 Å². The van der Waals surface area contributed by atoms with Crippen molar-refractivity contribution >= 4 is 0 Å². The van der Waals surface area contributed by atoms with Crippen molar-refractivity contribution in [3.63, 3.8) is 0 Å². The van der Waals surface area contributed by atoms with Gasteiger partial charge in [-0.3, -0.25) is 0 Å². The number of likely N-dealkylation sites (N-methyl/N-ethyl adjacent to an activating group) is 1. The summed E-state index contributed by atoms with van der Waals surface area (Å²) in [6.45, 7) is 6.73. The smallest absolute Gasteiger partial charge is 0.119 e. The lowest BCUT2D eigenvalue weighted by Gasteiger charge is -2.35. The summed E-state index contributed by atoms with van der Waals surface area (Å²) in [6.07, 6.45) is 5.30. The van der Waals surface area contributed by atoms with Crippen molar-refractivity contribution in [1.82, 2.24) is 5.32 Å². The summed E-state index contributed by atoms with van der Waals surface area (Å²) in [5.74, 6) is 2.41. The molecule has 0 aromatic heterocycles. The third kappa shape index (κ3) is 3.76. The van der Waals surface area contributed by atoms with Crippen molar-refractivity contribution in [3.05, 3.63) is 29.8 Å². The van der Waals surface area contributed by atoms with Gasteiger partial charge >= 0.3 is 0 Å². The normalized spacial score (nSPS) is 26.8. The highest BCUT2D eigenvalue weighted by Crippen LogP contribution is 2.30. The summed E-state index contributed by atoms with van der Waals surface area (Å²) in [5, 5.41) is 3.42. The molecule has 0 bridgehead atoms. The fourth-order valence-electron chi connectivity index (χ4n) is 3.15. The molecule has 1 aromatic rings. The van der Waals surface area contributed by atoms with Gasteiger partial charge < -0.3 is 10.1 Å². The molecule has 1 aliphatic rings. The third-order valence-corrected chi connectivity index (χ3v) is 4.68. The van der Waals surface area contributed by atoms with Gasteiger partial charge in [0.15, 0.2) is 0 Å². The topological polar surface area (TPSA) is 21.3 Å². The number of hydrogen-bond donors (Lipinski definition) is 1. The zero-order valence-corrected chi connectivity index (χ0v) is 13.4. The fourth-order valence-corrected chi connectivity index (χ4v) is 3.15. The van der Waals surface area contributed by atoms with Crippen LogP contribution in [0.5, 0.6) is 5.75 Å². The van der Waals surface area contributed by atoms with E-state index in [0.29, 0.717) is 18.1 Å². The third-order valence-electron chi connectivity index (χ3n) is 4.68. The van der Waals surface area contributed by atoms with E-state index in [9.17, 15) is 0 Å². The lowest BCUT2D eigenvalue weighted by atomic mass is 9.82. The molecule has 2 nitrogen and oxygen atoms in total. The standard InChI is InChI=1S/C18H29NO/c1-5-14-6-11-17(19-4)18(12-14)20-16-9-7-15(8-10-16)13(2)3/h7-10,13-14,17-19H,5-6,11-12H2,1-4H3. The number of rotatable bonds is 5. The van der Waals surface area contributed by atoms with Crippen molar-refractivity contribution in [2.45, 2.75) is 64.5 Å². The summed E-state index contributed by atoms with van der Waals surface area (Å²) in [4.78, 5) is 0. The highest BCUT2D eigenvalue weighted by molar-refractivity contribution is 5.29. The van der Waals surface area contributed by atoms with Crippen LogP contribution in [0.15, 0.2) is 24.3 Å². The maximum atomic E-state index is 6.26. The van der Waals surface area contributed by atoms with E-state index in [4.69, 9.17) is 4.74 Å². The molecule has 3 atom stereocenters. The molecule has 1 N–H and O–H groups in total. The number of hydrogen-bond acceptors (Lipinski definition) is 2. The molecule has 2 rings (SSSR count). The number of nitrogens with one attached hydrogen (secondary N) is 1. The van der Waals surface area contributed by atoms with Gasteiger partial charge in [-0.15, -0.1) is 0 Å². The first kappa shape index (κ1) is 15.4. The molecular formula is C18H29NO. The van der Waals surface area contributed by atoms with E-state index < -0.39 is 0 Å². The largest absolute Gasteiger partial charge is 0.489 e. The van der Waals surface area contributed by atoms with Crippen molar-refractivity contribution in [1.29, 1.82) is 0 Å². The van der Waals surface area contributed by atoms with Crippen molar-refractivity contribution < 1.29 is 4.74 Å². The summed E-state index contributed by atoms with van der Waals surface area (Å²) in [7, 11) is 2.05. The monoisotopic (exact) mass is 275 g/mol. The lowest BCUT2D eigenvalue weighted by Crippen LogP contribution is -2.45. The van der Waals surface area contributed by atoms with Crippen LogP contribution in [0.2, 0.25) is 0 Å². The summed E-state index contributed by atoms with van der Waals surface area (Å²) in [6, 6.07) is 9.11. The van der Waals surface area contributed by atoms with Crippen LogP contribution in [0.4, 0.5) is 0 Å². The molecule has 1 aromatic carbocycles. The first-order chi connectivity index (χ1) is 9.63. The molecule has 0 aliphatic heterocycles. The van der Waals surface area contributed by atoms with Gasteiger partial charge in [0.05, 0.1) is 0 Å². The average molecular weight is 275 g/mol. The van der Waals surface area contributed by atoms with Crippen LogP contribution in [0, 0.1) is 5.92 Å². The van der Waals surface area contributed by atoms with E-state index in [1.165, 1.54) is 31.2 Å². The van der Waals surface area contributed by atoms with Crippen molar-refractivity contribution in [2.75, 3.05) is 7.05 Å². The minimum absolute atomic E-state index is 0.309. The van der Waals surface area contributed by atoms with Crippen LogP contribution in [-0.2, 0) is 0 Å². The molecule has 0 heterocycles. The average Bonchev–Trinajstić information content (AvgIpc) is 2.47. The Morgan fingerprint density at radius 1 is 1.20 bits per heavy atom. The molecule has 1 saturated carbocycles. The van der Waals surface area contributed by atoms with Gasteiger partial charge in [0.25, 0.3) is 0 Å². The highest BCUT2D eigenvalue weighted by Gasteiger charge is 2.30. The Balaban J connectivity index is 2.02. The Morgan fingerprint density at radius 3 is 2.45 bits per heavy atom. The van der Waals surface area contributed by atoms with Crippen LogP contribution in [0.1, 0.15) is 57.9 Å². The van der Waals surface area contributed by atoms with Crippen molar-refractivity contribution in [2.24, 2.45) is 5.92 Å². The molecule has 0 spiro atoms. The molecule has 0 amide bonds. The zero-order valence-electron chi connectivity index (χ0n) is 13.4. The first-order valence-corrected chi connectivity index (χ1v) is 8.07. The molecule has 2 heteroatoms. The van der Waals surface area contributed by atoms with E-state index >= 15 is 0 Å². The second-order valence-corrected chi connectivity index (χ2v) is 6.36. The molecule has 1 fully saturated rings. The predicted octanol–water partition coefficient (Wildman–Crippen LogP) is 4.36. The molecular weight excluding hydrogens is 246 g/mol. The Hall–Kier alpha value is -1.02. The predicted molar refractivity (Wildman–Crippen MR) is 85.4 cm³/mol. The lowest BCUT2D eigenvalue weighted by molar-refractivity contribution is 0.0883. The van der Waals surface area contributed by atoms with E-state index in [2.05, 4.69) is 57.4 Å². The molecule has 3 unspecified atom stereocenters.